The highest BCUT2D eigenvalue weighted by Crippen LogP contribution is 2.12. The predicted octanol–water partition coefficient (Wildman–Crippen LogP) is 2.41. The molecule has 96 valence electrons. The Morgan fingerprint density at radius 2 is 1.94 bits per heavy atom. The van der Waals surface area contributed by atoms with Gasteiger partial charge in [0, 0.05) is 24.6 Å². The van der Waals surface area contributed by atoms with Crippen LogP contribution in [-0.2, 0) is 0 Å². The first-order chi connectivity index (χ1) is 8.90. The standard InChI is InChI=1S/C14H20N4/c15-9-2-1-3-10-16-13-5-7-14(8-6-13)18-12-4-11-17-18/h4-8,11-12,16H,1-3,9-10,15H2. The number of nitrogens with zero attached hydrogens (tertiary/aromatic N) is 2. The average Bonchev–Trinajstić information content (AvgIpc) is 2.93. The zero-order chi connectivity index (χ0) is 12.6. The van der Waals surface area contributed by atoms with E-state index >= 15 is 0 Å². The fourth-order valence-corrected chi connectivity index (χ4v) is 1.83. The van der Waals surface area contributed by atoms with Crippen LogP contribution < -0.4 is 11.1 Å². The lowest BCUT2D eigenvalue weighted by Gasteiger charge is -2.07. The molecule has 0 aliphatic rings. The number of anilines is 1. The van der Waals surface area contributed by atoms with Crippen LogP contribution in [-0.4, -0.2) is 22.9 Å². The van der Waals surface area contributed by atoms with E-state index in [9.17, 15) is 0 Å². The normalized spacial score (nSPS) is 10.5. The van der Waals surface area contributed by atoms with Gasteiger partial charge in [-0.05, 0) is 49.7 Å². The van der Waals surface area contributed by atoms with Crippen LogP contribution >= 0.6 is 0 Å². The third-order valence-corrected chi connectivity index (χ3v) is 2.85. The van der Waals surface area contributed by atoms with E-state index in [1.54, 1.807) is 6.20 Å². The van der Waals surface area contributed by atoms with Crippen molar-refractivity contribution in [1.29, 1.82) is 0 Å². The van der Waals surface area contributed by atoms with Gasteiger partial charge in [-0.3, -0.25) is 0 Å². The molecule has 1 aromatic heterocycles. The van der Waals surface area contributed by atoms with Gasteiger partial charge in [-0.25, -0.2) is 4.68 Å². The molecule has 0 spiro atoms. The molecular weight excluding hydrogens is 224 g/mol. The largest absolute Gasteiger partial charge is 0.385 e. The number of nitrogens with one attached hydrogen (secondary N) is 1. The predicted molar refractivity (Wildman–Crippen MR) is 75.0 cm³/mol. The lowest BCUT2D eigenvalue weighted by atomic mass is 10.2. The van der Waals surface area contributed by atoms with Crippen molar-refractivity contribution >= 4 is 5.69 Å². The summed E-state index contributed by atoms with van der Waals surface area (Å²) in [6.45, 7) is 1.79. The first-order valence-corrected chi connectivity index (χ1v) is 6.44. The SMILES string of the molecule is NCCCCCNc1ccc(-n2cccn2)cc1. The summed E-state index contributed by atoms with van der Waals surface area (Å²) < 4.78 is 1.85. The molecule has 0 saturated carbocycles. The maximum absolute atomic E-state index is 5.46. The van der Waals surface area contributed by atoms with Crippen molar-refractivity contribution in [3.05, 3.63) is 42.7 Å². The summed E-state index contributed by atoms with van der Waals surface area (Å²) >= 11 is 0. The second-order valence-electron chi connectivity index (χ2n) is 4.27. The number of benzene rings is 1. The zero-order valence-corrected chi connectivity index (χ0v) is 10.5. The smallest absolute Gasteiger partial charge is 0.0647 e. The van der Waals surface area contributed by atoms with Gasteiger partial charge in [0.05, 0.1) is 5.69 Å². The molecule has 0 fully saturated rings. The molecule has 1 aromatic carbocycles. The van der Waals surface area contributed by atoms with Crippen LogP contribution in [0.2, 0.25) is 0 Å². The van der Waals surface area contributed by atoms with Gasteiger partial charge < -0.3 is 11.1 Å². The molecule has 3 N–H and O–H groups in total. The summed E-state index contributed by atoms with van der Waals surface area (Å²) in [4.78, 5) is 0. The Morgan fingerprint density at radius 3 is 2.61 bits per heavy atom. The Kier molecular flexibility index (Phi) is 4.78. The van der Waals surface area contributed by atoms with Crippen molar-refractivity contribution in [2.45, 2.75) is 19.3 Å². The van der Waals surface area contributed by atoms with Crippen molar-refractivity contribution in [2.24, 2.45) is 5.73 Å². The van der Waals surface area contributed by atoms with E-state index in [2.05, 4.69) is 34.7 Å². The molecule has 2 aromatic rings. The quantitative estimate of drug-likeness (QED) is 0.735. The van der Waals surface area contributed by atoms with E-state index in [4.69, 9.17) is 5.73 Å². The number of hydrogen-bond donors (Lipinski definition) is 2. The lowest BCUT2D eigenvalue weighted by molar-refractivity contribution is 0.707. The molecule has 0 unspecified atom stereocenters. The molecular formula is C14H20N4. The van der Waals surface area contributed by atoms with Gasteiger partial charge in [0.1, 0.15) is 0 Å². The number of rotatable bonds is 7. The fraction of sp³-hybridized carbons (Fsp3) is 0.357. The number of hydrogen-bond acceptors (Lipinski definition) is 3. The van der Waals surface area contributed by atoms with Crippen molar-refractivity contribution in [2.75, 3.05) is 18.4 Å². The third-order valence-electron chi connectivity index (χ3n) is 2.85. The monoisotopic (exact) mass is 244 g/mol. The molecule has 0 aliphatic carbocycles. The minimum Gasteiger partial charge on any atom is -0.385 e. The molecule has 0 atom stereocenters. The highest BCUT2D eigenvalue weighted by Gasteiger charge is 1.96. The van der Waals surface area contributed by atoms with Crippen LogP contribution in [0.15, 0.2) is 42.7 Å². The van der Waals surface area contributed by atoms with Gasteiger partial charge >= 0.3 is 0 Å². The lowest BCUT2D eigenvalue weighted by Crippen LogP contribution is -2.04. The van der Waals surface area contributed by atoms with Crippen molar-refractivity contribution in [1.82, 2.24) is 9.78 Å². The first-order valence-electron chi connectivity index (χ1n) is 6.44. The van der Waals surface area contributed by atoms with E-state index in [1.807, 2.05) is 16.9 Å². The van der Waals surface area contributed by atoms with E-state index < -0.39 is 0 Å². The average molecular weight is 244 g/mol. The highest BCUT2D eigenvalue weighted by atomic mass is 15.3. The topological polar surface area (TPSA) is 55.9 Å². The third kappa shape index (κ3) is 3.60. The van der Waals surface area contributed by atoms with E-state index in [-0.39, 0.29) is 0 Å². The molecule has 18 heavy (non-hydrogen) atoms. The molecule has 4 heteroatoms. The van der Waals surface area contributed by atoms with Gasteiger partial charge in [0.15, 0.2) is 0 Å². The van der Waals surface area contributed by atoms with Crippen molar-refractivity contribution < 1.29 is 0 Å². The van der Waals surface area contributed by atoms with Crippen molar-refractivity contribution in [3.63, 3.8) is 0 Å². The van der Waals surface area contributed by atoms with Crippen LogP contribution in [0.4, 0.5) is 5.69 Å². The Labute approximate surface area is 108 Å². The molecule has 1 heterocycles. The number of unbranched alkanes of at least 4 members (excludes halogenated alkanes) is 2. The molecule has 0 bridgehead atoms. The number of nitrogens with two attached hydrogens (primary N) is 1. The van der Waals surface area contributed by atoms with Gasteiger partial charge in [0.2, 0.25) is 0 Å². The molecule has 0 radical (unpaired) electrons. The summed E-state index contributed by atoms with van der Waals surface area (Å²) in [5.74, 6) is 0. The van der Waals surface area contributed by atoms with Gasteiger partial charge in [-0.2, -0.15) is 5.10 Å². The van der Waals surface area contributed by atoms with Gasteiger partial charge in [0.25, 0.3) is 0 Å². The highest BCUT2D eigenvalue weighted by molar-refractivity contribution is 5.48. The van der Waals surface area contributed by atoms with Crippen LogP contribution in [0.3, 0.4) is 0 Å². The maximum atomic E-state index is 5.46. The van der Waals surface area contributed by atoms with Crippen LogP contribution in [0, 0.1) is 0 Å². The van der Waals surface area contributed by atoms with Crippen LogP contribution in [0.1, 0.15) is 19.3 Å². The second-order valence-corrected chi connectivity index (χ2v) is 4.27. The number of aromatic nitrogens is 2. The Morgan fingerprint density at radius 1 is 1.11 bits per heavy atom. The maximum Gasteiger partial charge on any atom is 0.0647 e. The molecule has 2 rings (SSSR count). The van der Waals surface area contributed by atoms with Gasteiger partial charge in [-0.15, -0.1) is 0 Å². The summed E-state index contributed by atoms with van der Waals surface area (Å²) in [6.07, 6.45) is 7.19. The van der Waals surface area contributed by atoms with E-state index in [1.165, 1.54) is 6.42 Å². The molecule has 0 amide bonds. The fourth-order valence-electron chi connectivity index (χ4n) is 1.83. The van der Waals surface area contributed by atoms with E-state index in [0.29, 0.717) is 0 Å². The van der Waals surface area contributed by atoms with Crippen LogP contribution in [0.25, 0.3) is 5.69 Å². The summed E-state index contributed by atoms with van der Waals surface area (Å²) in [7, 11) is 0. The minimum absolute atomic E-state index is 0.790. The van der Waals surface area contributed by atoms with Gasteiger partial charge in [-0.1, -0.05) is 6.42 Å². The molecule has 4 nitrogen and oxygen atoms in total. The Hall–Kier alpha value is -1.81. The Bertz CT molecular complexity index is 433. The summed E-state index contributed by atoms with van der Waals surface area (Å²) in [5.41, 5.74) is 7.69. The summed E-state index contributed by atoms with van der Waals surface area (Å²) in [6, 6.07) is 10.2. The van der Waals surface area contributed by atoms with Crippen LogP contribution in [0.5, 0.6) is 0 Å². The van der Waals surface area contributed by atoms with E-state index in [0.717, 1.165) is 37.3 Å². The Balaban J connectivity index is 1.81. The van der Waals surface area contributed by atoms with Crippen molar-refractivity contribution in [3.8, 4) is 5.69 Å². The second kappa shape index (κ2) is 6.81. The molecule has 0 saturated heterocycles. The molecule has 0 aliphatic heterocycles. The minimum atomic E-state index is 0.790. The zero-order valence-electron chi connectivity index (χ0n) is 10.5. The summed E-state index contributed by atoms with van der Waals surface area (Å²) in [5, 5.41) is 7.60. The first kappa shape index (κ1) is 12.6.